The molecule has 102 valence electrons. The highest BCUT2D eigenvalue weighted by molar-refractivity contribution is 5.85. The fourth-order valence-electron chi connectivity index (χ4n) is 2.27. The first kappa shape index (κ1) is 13.5. The summed E-state index contributed by atoms with van der Waals surface area (Å²) in [7, 11) is 0. The van der Waals surface area contributed by atoms with Crippen LogP contribution in [-0.4, -0.2) is 50.7 Å². The van der Waals surface area contributed by atoms with E-state index in [1.165, 1.54) is 4.90 Å². The van der Waals surface area contributed by atoms with E-state index in [1.807, 2.05) is 13.0 Å². The van der Waals surface area contributed by atoms with E-state index in [0.29, 0.717) is 5.69 Å². The number of nitrogens with zero attached hydrogens (tertiary/aromatic N) is 2. The zero-order valence-corrected chi connectivity index (χ0v) is 10.6. The zero-order chi connectivity index (χ0) is 14.0. The predicted molar refractivity (Wildman–Crippen MR) is 66.4 cm³/mol. The number of β-amino-alcohol motifs (C(OH)–C–C–N with tert-alkyl or cyclic N) is 1. The summed E-state index contributed by atoms with van der Waals surface area (Å²) in [6, 6.07) is 2.69. The highest BCUT2D eigenvalue weighted by Gasteiger charge is 2.38. The van der Waals surface area contributed by atoms with E-state index >= 15 is 0 Å². The Morgan fingerprint density at radius 3 is 2.89 bits per heavy atom. The maximum absolute atomic E-state index is 12.1. The van der Waals surface area contributed by atoms with E-state index in [2.05, 4.69) is 4.98 Å². The van der Waals surface area contributed by atoms with Crippen molar-refractivity contribution < 1.29 is 19.8 Å². The van der Waals surface area contributed by atoms with Gasteiger partial charge in [-0.05, 0) is 18.6 Å². The molecule has 19 heavy (non-hydrogen) atoms. The monoisotopic (exact) mass is 264 g/mol. The van der Waals surface area contributed by atoms with Crippen molar-refractivity contribution in [2.45, 2.75) is 31.9 Å². The number of hydrogen-bond donors (Lipinski definition) is 2. The zero-order valence-electron chi connectivity index (χ0n) is 10.6. The molecule has 1 aromatic rings. The molecule has 6 nitrogen and oxygen atoms in total. The number of carboxylic acid groups (broad SMARTS) is 1. The Bertz CT molecular complexity index is 503. The third-order valence-corrected chi connectivity index (χ3v) is 3.32. The van der Waals surface area contributed by atoms with Crippen molar-refractivity contribution >= 4 is 11.9 Å². The third-order valence-electron chi connectivity index (χ3n) is 3.32. The Hall–Kier alpha value is -1.95. The average molecular weight is 264 g/mol. The minimum Gasteiger partial charge on any atom is -0.480 e. The van der Waals surface area contributed by atoms with Crippen LogP contribution in [0.3, 0.4) is 0 Å². The predicted octanol–water partition coefficient (Wildman–Crippen LogP) is -0.0211. The van der Waals surface area contributed by atoms with Crippen LogP contribution < -0.4 is 0 Å². The second kappa shape index (κ2) is 5.36. The Morgan fingerprint density at radius 1 is 1.53 bits per heavy atom. The molecule has 1 aliphatic rings. The Morgan fingerprint density at radius 2 is 2.26 bits per heavy atom. The van der Waals surface area contributed by atoms with Gasteiger partial charge in [-0.15, -0.1) is 0 Å². The molecule has 0 radical (unpaired) electrons. The maximum Gasteiger partial charge on any atom is 0.326 e. The molecule has 2 atom stereocenters. The van der Waals surface area contributed by atoms with Gasteiger partial charge in [0.25, 0.3) is 0 Å². The van der Waals surface area contributed by atoms with Gasteiger partial charge < -0.3 is 15.1 Å². The molecule has 0 unspecified atom stereocenters. The number of carbonyl (C=O) groups excluding carboxylic acids is 1. The largest absolute Gasteiger partial charge is 0.480 e. The number of aliphatic hydroxyl groups excluding tert-OH is 1. The van der Waals surface area contributed by atoms with Gasteiger partial charge in [0.15, 0.2) is 0 Å². The van der Waals surface area contributed by atoms with Crippen molar-refractivity contribution in [1.29, 1.82) is 0 Å². The Labute approximate surface area is 110 Å². The Balaban J connectivity index is 2.11. The first-order valence-corrected chi connectivity index (χ1v) is 6.10. The Kier molecular flexibility index (Phi) is 3.80. The lowest BCUT2D eigenvalue weighted by Gasteiger charge is -2.21. The minimum atomic E-state index is -1.08. The number of amides is 1. The fraction of sp³-hybridized carbons (Fsp3) is 0.462. The lowest BCUT2D eigenvalue weighted by Crippen LogP contribution is -2.41. The van der Waals surface area contributed by atoms with Gasteiger partial charge in [0.1, 0.15) is 6.04 Å². The molecule has 6 heteroatoms. The van der Waals surface area contributed by atoms with Gasteiger partial charge in [-0.25, -0.2) is 4.79 Å². The van der Waals surface area contributed by atoms with E-state index in [1.54, 1.807) is 12.3 Å². The summed E-state index contributed by atoms with van der Waals surface area (Å²) in [6.07, 6.45) is 0.976. The van der Waals surface area contributed by atoms with Gasteiger partial charge in [-0.2, -0.15) is 0 Å². The van der Waals surface area contributed by atoms with Gasteiger partial charge in [0.2, 0.25) is 5.91 Å². The molecule has 1 aromatic heterocycles. The number of likely N-dealkylation sites (tertiary alicyclic amines) is 1. The van der Waals surface area contributed by atoms with Gasteiger partial charge >= 0.3 is 5.97 Å². The number of aliphatic carboxylic acids is 1. The van der Waals surface area contributed by atoms with E-state index in [9.17, 15) is 14.7 Å². The van der Waals surface area contributed by atoms with E-state index in [4.69, 9.17) is 5.11 Å². The summed E-state index contributed by atoms with van der Waals surface area (Å²) in [6.45, 7) is 1.92. The summed E-state index contributed by atoms with van der Waals surface area (Å²) in [5, 5.41) is 18.6. The molecule has 2 N–H and O–H groups in total. The van der Waals surface area contributed by atoms with Crippen molar-refractivity contribution in [2.24, 2.45) is 0 Å². The molecule has 1 fully saturated rings. The third kappa shape index (κ3) is 2.90. The summed E-state index contributed by atoms with van der Waals surface area (Å²) in [5.41, 5.74) is 1.53. The van der Waals surface area contributed by atoms with E-state index in [0.717, 1.165) is 5.56 Å². The number of hydrogen-bond acceptors (Lipinski definition) is 4. The minimum absolute atomic E-state index is 0.0587. The smallest absolute Gasteiger partial charge is 0.326 e. The molecule has 0 bridgehead atoms. The van der Waals surface area contributed by atoms with Crippen molar-refractivity contribution in [3.63, 3.8) is 0 Å². The second-order valence-corrected chi connectivity index (χ2v) is 4.73. The number of rotatable bonds is 3. The number of carbonyl (C=O) groups is 2. The number of aromatic nitrogens is 1. The highest BCUT2D eigenvalue weighted by Crippen LogP contribution is 2.19. The quantitative estimate of drug-likeness (QED) is 0.800. The summed E-state index contributed by atoms with van der Waals surface area (Å²) >= 11 is 0. The number of aryl methyl sites for hydroxylation is 1. The first-order chi connectivity index (χ1) is 8.99. The lowest BCUT2D eigenvalue weighted by atomic mass is 10.1. The topological polar surface area (TPSA) is 90.7 Å². The van der Waals surface area contributed by atoms with E-state index < -0.39 is 18.1 Å². The van der Waals surface area contributed by atoms with Crippen LogP contribution in [0.25, 0.3) is 0 Å². The molecule has 1 amide bonds. The molecular formula is C13H16N2O4. The lowest BCUT2D eigenvalue weighted by molar-refractivity contribution is -0.148. The number of aliphatic hydroxyl groups is 1. The molecule has 1 saturated heterocycles. The number of carboxylic acids is 1. The second-order valence-electron chi connectivity index (χ2n) is 4.73. The van der Waals surface area contributed by atoms with Crippen molar-refractivity contribution in [3.05, 3.63) is 29.6 Å². The molecule has 2 heterocycles. The summed E-state index contributed by atoms with van der Waals surface area (Å²) in [4.78, 5) is 28.5. The molecule has 2 rings (SSSR count). The van der Waals surface area contributed by atoms with Gasteiger partial charge in [0, 0.05) is 19.2 Å². The van der Waals surface area contributed by atoms with Crippen LogP contribution in [0.5, 0.6) is 0 Å². The van der Waals surface area contributed by atoms with Gasteiger partial charge in [-0.1, -0.05) is 6.07 Å². The molecule has 1 aliphatic heterocycles. The first-order valence-electron chi connectivity index (χ1n) is 6.10. The number of pyridine rings is 1. The van der Waals surface area contributed by atoms with Crippen molar-refractivity contribution in [1.82, 2.24) is 9.88 Å². The van der Waals surface area contributed by atoms with Crippen LogP contribution >= 0.6 is 0 Å². The molecule has 0 saturated carbocycles. The van der Waals surface area contributed by atoms with E-state index in [-0.39, 0.29) is 25.3 Å². The van der Waals surface area contributed by atoms with Gasteiger partial charge in [-0.3, -0.25) is 9.78 Å². The highest BCUT2D eigenvalue weighted by atomic mass is 16.4. The van der Waals surface area contributed by atoms with Crippen LogP contribution in [0, 0.1) is 6.92 Å². The fourth-order valence-corrected chi connectivity index (χ4v) is 2.27. The summed E-state index contributed by atoms with van der Waals surface area (Å²) < 4.78 is 0. The summed E-state index contributed by atoms with van der Waals surface area (Å²) in [5.74, 6) is -1.40. The average Bonchev–Trinajstić information content (AvgIpc) is 2.74. The van der Waals surface area contributed by atoms with Crippen LogP contribution in [0.4, 0.5) is 0 Å². The SMILES string of the molecule is Cc1cccnc1CC(=O)N1C[C@H](O)C[C@@H]1C(=O)O. The standard InChI is InChI=1S/C13H16N2O4/c1-8-3-2-4-14-10(8)6-12(17)15-7-9(16)5-11(15)13(18)19/h2-4,9,11,16H,5-7H2,1H3,(H,18,19)/t9-,11-/m1/s1. The van der Waals surface area contributed by atoms with Crippen LogP contribution in [0.2, 0.25) is 0 Å². The molecule has 0 spiro atoms. The molecular weight excluding hydrogens is 248 g/mol. The normalized spacial score (nSPS) is 22.5. The van der Waals surface area contributed by atoms with Crippen molar-refractivity contribution in [2.75, 3.05) is 6.54 Å². The van der Waals surface area contributed by atoms with Crippen LogP contribution in [-0.2, 0) is 16.0 Å². The van der Waals surface area contributed by atoms with Gasteiger partial charge in [0.05, 0.1) is 18.2 Å². The van der Waals surface area contributed by atoms with Crippen LogP contribution in [0.1, 0.15) is 17.7 Å². The molecule has 0 aliphatic carbocycles. The van der Waals surface area contributed by atoms with Crippen LogP contribution in [0.15, 0.2) is 18.3 Å². The maximum atomic E-state index is 12.1. The molecule has 0 aromatic carbocycles. The van der Waals surface area contributed by atoms with Crippen molar-refractivity contribution in [3.8, 4) is 0 Å².